The number of carbonyl (C=O) groups is 1. The Morgan fingerprint density at radius 2 is 1.75 bits per heavy atom. The summed E-state index contributed by atoms with van der Waals surface area (Å²) >= 11 is 0. The predicted molar refractivity (Wildman–Crippen MR) is 77.3 cm³/mol. The van der Waals surface area contributed by atoms with Gasteiger partial charge < -0.3 is 4.74 Å². The molecular weight excluding hydrogens is 248 g/mol. The van der Waals surface area contributed by atoms with Crippen LogP contribution in [0.2, 0.25) is 0 Å². The Morgan fingerprint density at radius 1 is 1.05 bits per heavy atom. The Morgan fingerprint density at radius 3 is 2.50 bits per heavy atom. The highest BCUT2D eigenvalue weighted by Gasteiger charge is 2.55. The number of rotatable bonds is 0. The lowest BCUT2D eigenvalue weighted by Crippen LogP contribution is -2.43. The minimum Gasteiger partial charge on any atom is -0.368 e. The zero-order chi connectivity index (χ0) is 13.9. The molecule has 0 amide bonds. The van der Waals surface area contributed by atoms with Gasteiger partial charge in [-0.15, -0.1) is 0 Å². The Kier molecular flexibility index (Phi) is 2.37. The Balaban J connectivity index is 1.98. The summed E-state index contributed by atoms with van der Waals surface area (Å²) in [5.74, 6) is 1.03. The molecule has 1 fully saturated rings. The van der Waals surface area contributed by atoms with Gasteiger partial charge in [-0.25, -0.2) is 0 Å². The zero-order valence-corrected chi connectivity index (χ0v) is 11.7. The highest BCUT2D eigenvalue weighted by Crippen LogP contribution is 2.56. The summed E-state index contributed by atoms with van der Waals surface area (Å²) in [7, 11) is 0. The SMILES string of the molecule is CC1C2OC(C1C)C1(C=CC(=O)C=C1)c1ccccc12. The van der Waals surface area contributed by atoms with E-state index in [1.165, 1.54) is 11.1 Å². The van der Waals surface area contributed by atoms with Crippen LogP contribution >= 0.6 is 0 Å². The van der Waals surface area contributed by atoms with Gasteiger partial charge in [0.05, 0.1) is 17.6 Å². The van der Waals surface area contributed by atoms with E-state index >= 15 is 0 Å². The first-order chi connectivity index (χ1) is 9.63. The van der Waals surface area contributed by atoms with E-state index in [9.17, 15) is 4.79 Å². The van der Waals surface area contributed by atoms with E-state index in [0.29, 0.717) is 11.8 Å². The maximum Gasteiger partial charge on any atom is 0.178 e. The molecule has 1 saturated heterocycles. The Labute approximate surface area is 119 Å². The number of hydrogen-bond acceptors (Lipinski definition) is 2. The number of allylic oxidation sites excluding steroid dienone is 2. The number of fused-ring (bicyclic) bond motifs is 6. The van der Waals surface area contributed by atoms with Crippen LogP contribution in [0, 0.1) is 11.8 Å². The summed E-state index contributed by atoms with van der Waals surface area (Å²) in [6, 6.07) is 8.52. The van der Waals surface area contributed by atoms with Crippen molar-refractivity contribution in [1.29, 1.82) is 0 Å². The molecule has 3 aliphatic rings. The van der Waals surface area contributed by atoms with Gasteiger partial charge in [-0.2, -0.15) is 0 Å². The van der Waals surface area contributed by atoms with E-state index in [-0.39, 0.29) is 23.4 Å². The summed E-state index contributed by atoms with van der Waals surface area (Å²) in [6.07, 6.45) is 7.79. The first-order valence-corrected chi connectivity index (χ1v) is 7.31. The topological polar surface area (TPSA) is 26.3 Å². The van der Waals surface area contributed by atoms with Crippen LogP contribution in [-0.4, -0.2) is 11.9 Å². The number of ether oxygens (including phenoxy) is 1. The van der Waals surface area contributed by atoms with Gasteiger partial charge in [0.2, 0.25) is 0 Å². The second-order valence-corrected chi connectivity index (χ2v) is 6.28. The lowest BCUT2D eigenvalue weighted by atomic mass is 9.69. The third kappa shape index (κ3) is 1.35. The molecular formula is C18H18O2. The van der Waals surface area contributed by atoms with Crippen LogP contribution in [0.4, 0.5) is 0 Å². The van der Waals surface area contributed by atoms with Gasteiger partial charge in [-0.3, -0.25) is 4.79 Å². The van der Waals surface area contributed by atoms with Crippen molar-refractivity contribution in [1.82, 2.24) is 0 Å². The van der Waals surface area contributed by atoms with Crippen molar-refractivity contribution >= 4 is 5.78 Å². The number of ketones is 1. The predicted octanol–water partition coefficient (Wildman–Crippen LogP) is 3.35. The molecule has 2 heterocycles. The number of carbonyl (C=O) groups excluding carboxylic acids is 1. The summed E-state index contributed by atoms with van der Waals surface area (Å²) in [5, 5.41) is 0. The second-order valence-electron chi connectivity index (χ2n) is 6.28. The fraction of sp³-hybridized carbons (Fsp3) is 0.389. The van der Waals surface area contributed by atoms with Crippen LogP contribution < -0.4 is 0 Å². The van der Waals surface area contributed by atoms with E-state index < -0.39 is 0 Å². The first-order valence-electron chi connectivity index (χ1n) is 7.31. The van der Waals surface area contributed by atoms with Crippen molar-refractivity contribution in [3.63, 3.8) is 0 Å². The fourth-order valence-corrected chi connectivity index (χ4v) is 4.07. The van der Waals surface area contributed by atoms with Crippen LogP contribution in [0.3, 0.4) is 0 Å². The quantitative estimate of drug-likeness (QED) is 0.720. The van der Waals surface area contributed by atoms with Crippen LogP contribution in [0.5, 0.6) is 0 Å². The molecule has 1 spiro atoms. The van der Waals surface area contributed by atoms with E-state index in [2.05, 4.69) is 38.1 Å². The molecule has 0 aromatic heterocycles. The van der Waals surface area contributed by atoms with Crippen molar-refractivity contribution in [2.24, 2.45) is 11.8 Å². The minimum absolute atomic E-state index is 0.0638. The Bertz CT molecular complexity index is 625. The van der Waals surface area contributed by atoms with Crippen LogP contribution in [0.1, 0.15) is 31.1 Å². The standard InChI is InChI=1S/C18H18O2/c1-11-12(2)17-18(9-7-13(19)8-10-18)15-6-4-3-5-14(15)16(11)20-17/h3-12,16-17H,1-2H3. The fourth-order valence-electron chi connectivity index (χ4n) is 4.07. The first kappa shape index (κ1) is 12.1. The van der Waals surface area contributed by atoms with E-state index in [1.54, 1.807) is 12.2 Å². The molecule has 1 aromatic carbocycles. The van der Waals surface area contributed by atoms with Crippen molar-refractivity contribution < 1.29 is 9.53 Å². The van der Waals surface area contributed by atoms with Crippen LogP contribution in [0.15, 0.2) is 48.6 Å². The van der Waals surface area contributed by atoms with Gasteiger partial charge in [0, 0.05) is 0 Å². The van der Waals surface area contributed by atoms with Gasteiger partial charge in [0.1, 0.15) is 0 Å². The molecule has 2 heteroatoms. The maximum absolute atomic E-state index is 11.5. The molecule has 102 valence electrons. The van der Waals surface area contributed by atoms with Crippen molar-refractivity contribution in [2.75, 3.05) is 0 Å². The third-order valence-corrected chi connectivity index (χ3v) is 5.33. The molecule has 1 aliphatic carbocycles. The summed E-state index contributed by atoms with van der Waals surface area (Å²) in [5.41, 5.74) is 2.31. The van der Waals surface area contributed by atoms with Gasteiger partial charge >= 0.3 is 0 Å². The van der Waals surface area contributed by atoms with Gasteiger partial charge in [-0.05, 0) is 35.1 Å². The van der Waals surface area contributed by atoms with Crippen molar-refractivity contribution in [3.8, 4) is 0 Å². The highest BCUT2D eigenvalue weighted by molar-refractivity contribution is 6.01. The average Bonchev–Trinajstić information content (AvgIpc) is 2.75. The molecule has 0 radical (unpaired) electrons. The van der Waals surface area contributed by atoms with Gasteiger partial charge in [0.25, 0.3) is 0 Å². The lowest BCUT2D eigenvalue weighted by molar-refractivity contribution is -0.110. The monoisotopic (exact) mass is 266 g/mol. The molecule has 2 nitrogen and oxygen atoms in total. The Hall–Kier alpha value is -1.67. The summed E-state index contributed by atoms with van der Waals surface area (Å²) < 4.78 is 6.36. The molecule has 4 unspecified atom stereocenters. The van der Waals surface area contributed by atoms with Crippen molar-refractivity contribution in [3.05, 3.63) is 59.7 Å². The van der Waals surface area contributed by atoms with E-state index in [4.69, 9.17) is 4.74 Å². The normalized spacial score (nSPS) is 36.4. The molecule has 2 bridgehead atoms. The highest BCUT2D eigenvalue weighted by atomic mass is 16.5. The maximum atomic E-state index is 11.5. The molecule has 0 N–H and O–H groups in total. The zero-order valence-electron chi connectivity index (χ0n) is 11.7. The molecule has 2 aliphatic heterocycles. The van der Waals surface area contributed by atoms with Gasteiger partial charge in [0.15, 0.2) is 5.78 Å². The largest absolute Gasteiger partial charge is 0.368 e. The average molecular weight is 266 g/mol. The summed E-state index contributed by atoms with van der Waals surface area (Å²) in [6.45, 7) is 4.54. The smallest absolute Gasteiger partial charge is 0.178 e. The molecule has 20 heavy (non-hydrogen) atoms. The van der Waals surface area contributed by atoms with Crippen molar-refractivity contribution in [2.45, 2.75) is 31.5 Å². The van der Waals surface area contributed by atoms with Crippen LogP contribution in [-0.2, 0) is 14.9 Å². The van der Waals surface area contributed by atoms with E-state index in [1.807, 2.05) is 12.2 Å². The number of benzene rings is 1. The van der Waals surface area contributed by atoms with Crippen LogP contribution in [0.25, 0.3) is 0 Å². The number of hydrogen-bond donors (Lipinski definition) is 0. The summed E-state index contributed by atoms with van der Waals surface area (Å²) in [4.78, 5) is 11.5. The molecule has 1 aromatic rings. The molecule has 4 rings (SSSR count). The van der Waals surface area contributed by atoms with E-state index in [0.717, 1.165) is 0 Å². The molecule has 0 saturated carbocycles. The van der Waals surface area contributed by atoms with Gasteiger partial charge in [-0.1, -0.05) is 50.3 Å². The third-order valence-electron chi connectivity index (χ3n) is 5.33. The molecule has 4 atom stereocenters. The minimum atomic E-state index is -0.273. The second kappa shape index (κ2) is 3.92. The lowest BCUT2D eigenvalue weighted by Gasteiger charge is -2.41.